The summed E-state index contributed by atoms with van der Waals surface area (Å²) < 4.78 is 83.5. The molecule has 4 aromatic rings. The number of halogens is 6. The van der Waals surface area contributed by atoms with E-state index >= 15 is 0 Å². The first-order valence-electron chi connectivity index (χ1n) is 19.3. The second kappa shape index (κ2) is 14.0. The summed E-state index contributed by atoms with van der Waals surface area (Å²) in [5.74, 6) is 0.205. The summed E-state index contributed by atoms with van der Waals surface area (Å²) in [6, 6.07) is 20.8. The fraction of sp³-hybridized carbons (Fsp3) is 0.388. The molecule has 290 valence electrons. The van der Waals surface area contributed by atoms with Crippen molar-refractivity contribution in [2.24, 2.45) is 5.41 Å². The molecule has 0 heterocycles. The molecule has 0 fully saturated rings. The van der Waals surface area contributed by atoms with Crippen LogP contribution in [0.1, 0.15) is 138 Å². The Morgan fingerprint density at radius 2 is 1.18 bits per heavy atom. The van der Waals surface area contributed by atoms with Gasteiger partial charge in [-0.15, -0.1) is 0 Å². The van der Waals surface area contributed by atoms with E-state index in [4.69, 9.17) is 0 Å². The number of hydrogen-bond acceptors (Lipinski definition) is 0. The minimum Gasteiger partial charge on any atom is -0.166 e. The van der Waals surface area contributed by atoms with Crippen molar-refractivity contribution in [2.45, 2.75) is 118 Å². The molecule has 2 aliphatic carbocycles. The van der Waals surface area contributed by atoms with E-state index in [1.54, 1.807) is 0 Å². The van der Waals surface area contributed by atoms with E-state index in [0.29, 0.717) is 5.57 Å². The van der Waals surface area contributed by atoms with Crippen LogP contribution in [0.2, 0.25) is 0 Å². The highest BCUT2D eigenvalue weighted by Crippen LogP contribution is 2.53. The molecule has 6 heteroatoms. The first-order valence-corrected chi connectivity index (χ1v) is 19.3. The Bertz CT molecular complexity index is 2160. The SMILES string of the molecule is CCC1=CC(C(C)(C)C)=C(CC)C1c1cc(C(C)(C)C)cc2c1Cc1ccc(C(C)(C)C=C(c3cccc(C(F)(F)F)c3)c3cccc(C(F)(F)F)c3)cc1-2. The summed E-state index contributed by atoms with van der Waals surface area (Å²) in [5.41, 5.74) is 10.8. The lowest BCUT2D eigenvalue weighted by atomic mass is 9.76. The van der Waals surface area contributed by atoms with Crippen LogP contribution in [0.3, 0.4) is 0 Å². The summed E-state index contributed by atoms with van der Waals surface area (Å²) in [6.45, 7) is 22.0. The molecular weight excluding hydrogens is 703 g/mol. The number of fused-ring (bicyclic) bond motifs is 3. The number of benzene rings is 4. The molecule has 4 aromatic carbocycles. The highest BCUT2D eigenvalue weighted by Gasteiger charge is 2.37. The molecule has 0 amide bonds. The van der Waals surface area contributed by atoms with Gasteiger partial charge in [0.15, 0.2) is 0 Å². The molecule has 1 atom stereocenters. The zero-order valence-corrected chi connectivity index (χ0v) is 33.6. The second-order valence-corrected chi connectivity index (χ2v) is 17.9. The molecule has 0 N–H and O–H groups in total. The molecule has 0 saturated carbocycles. The van der Waals surface area contributed by atoms with E-state index < -0.39 is 28.9 Å². The fourth-order valence-electron chi connectivity index (χ4n) is 8.43. The number of alkyl halides is 6. The molecule has 0 aromatic heterocycles. The lowest BCUT2D eigenvalue weighted by Crippen LogP contribution is -2.16. The fourth-order valence-corrected chi connectivity index (χ4v) is 8.43. The monoisotopic (exact) mass is 754 g/mol. The average Bonchev–Trinajstić information content (AvgIpc) is 3.67. The van der Waals surface area contributed by atoms with Gasteiger partial charge in [0.05, 0.1) is 11.1 Å². The van der Waals surface area contributed by atoms with E-state index in [9.17, 15) is 26.3 Å². The minimum absolute atomic E-state index is 0.0171. The molecule has 0 saturated heterocycles. The zero-order chi connectivity index (χ0) is 40.5. The van der Waals surface area contributed by atoms with Crippen LogP contribution in [0.5, 0.6) is 0 Å². The van der Waals surface area contributed by atoms with Crippen LogP contribution in [-0.4, -0.2) is 0 Å². The van der Waals surface area contributed by atoms with Crippen molar-refractivity contribution < 1.29 is 26.3 Å². The first-order chi connectivity index (χ1) is 25.4. The van der Waals surface area contributed by atoms with Gasteiger partial charge in [0.2, 0.25) is 0 Å². The summed E-state index contributed by atoms with van der Waals surface area (Å²) in [7, 11) is 0. The Labute approximate surface area is 323 Å². The molecular formula is C49H52F6. The molecule has 0 aliphatic heterocycles. The quantitative estimate of drug-likeness (QED) is 0.145. The van der Waals surface area contributed by atoms with E-state index in [2.05, 4.69) is 91.8 Å². The van der Waals surface area contributed by atoms with Crippen LogP contribution < -0.4 is 0 Å². The van der Waals surface area contributed by atoms with Crippen LogP contribution in [-0.2, 0) is 29.6 Å². The van der Waals surface area contributed by atoms with Crippen molar-refractivity contribution in [3.8, 4) is 11.1 Å². The van der Waals surface area contributed by atoms with Gasteiger partial charge in [-0.3, -0.25) is 0 Å². The van der Waals surface area contributed by atoms with Gasteiger partial charge < -0.3 is 0 Å². The Hall–Kier alpha value is -4.32. The van der Waals surface area contributed by atoms with Crippen molar-refractivity contribution in [3.63, 3.8) is 0 Å². The number of rotatable bonds is 7. The topological polar surface area (TPSA) is 0 Å². The van der Waals surface area contributed by atoms with E-state index in [0.717, 1.165) is 54.7 Å². The van der Waals surface area contributed by atoms with Gasteiger partial charge in [-0.1, -0.05) is 141 Å². The van der Waals surface area contributed by atoms with Crippen molar-refractivity contribution >= 4 is 5.57 Å². The van der Waals surface area contributed by atoms with E-state index in [-0.39, 0.29) is 27.9 Å². The molecule has 2 aliphatic rings. The van der Waals surface area contributed by atoms with Crippen molar-refractivity contribution in [1.82, 2.24) is 0 Å². The van der Waals surface area contributed by atoms with E-state index in [1.807, 2.05) is 19.9 Å². The van der Waals surface area contributed by atoms with Crippen molar-refractivity contribution in [1.29, 1.82) is 0 Å². The zero-order valence-electron chi connectivity index (χ0n) is 33.6. The largest absolute Gasteiger partial charge is 0.416 e. The molecule has 6 rings (SSSR count). The predicted molar refractivity (Wildman–Crippen MR) is 214 cm³/mol. The van der Waals surface area contributed by atoms with Gasteiger partial charge in [0, 0.05) is 11.3 Å². The van der Waals surface area contributed by atoms with Gasteiger partial charge in [0.25, 0.3) is 0 Å². The molecule has 0 radical (unpaired) electrons. The third-order valence-corrected chi connectivity index (χ3v) is 11.5. The van der Waals surface area contributed by atoms with Gasteiger partial charge in [-0.25, -0.2) is 0 Å². The van der Waals surface area contributed by atoms with Crippen LogP contribution in [0.4, 0.5) is 26.3 Å². The second-order valence-electron chi connectivity index (χ2n) is 17.9. The Morgan fingerprint density at radius 1 is 0.618 bits per heavy atom. The molecule has 0 nitrogen and oxygen atoms in total. The Morgan fingerprint density at radius 3 is 1.67 bits per heavy atom. The lowest BCUT2D eigenvalue weighted by Gasteiger charge is -2.28. The van der Waals surface area contributed by atoms with Crippen LogP contribution in [0.15, 0.2) is 108 Å². The van der Waals surface area contributed by atoms with Crippen LogP contribution in [0.25, 0.3) is 16.7 Å². The minimum atomic E-state index is -4.61. The third-order valence-electron chi connectivity index (χ3n) is 11.5. The number of allylic oxidation sites excluding steroid dienone is 5. The summed E-state index contributed by atoms with van der Waals surface area (Å²) in [4.78, 5) is 0. The summed E-state index contributed by atoms with van der Waals surface area (Å²) in [5, 5.41) is 0. The normalized spacial score (nSPS) is 16.3. The Kier molecular flexibility index (Phi) is 10.3. The van der Waals surface area contributed by atoms with Gasteiger partial charge in [0.1, 0.15) is 0 Å². The maximum atomic E-state index is 13.9. The summed E-state index contributed by atoms with van der Waals surface area (Å²) >= 11 is 0. The molecule has 0 bridgehead atoms. The average molecular weight is 755 g/mol. The van der Waals surface area contributed by atoms with E-state index in [1.165, 1.54) is 68.8 Å². The molecule has 1 unspecified atom stereocenters. The molecule has 0 spiro atoms. The van der Waals surface area contributed by atoms with Gasteiger partial charge >= 0.3 is 12.4 Å². The van der Waals surface area contributed by atoms with Crippen LogP contribution >= 0.6 is 0 Å². The maximum absolute atomic E-state index is 13.9. The first kappa shape index (κ1) is 40.3. The standard InChI is InChI=1S/C49H52F6/c1-11-29-24-43(46(6,7)8)37(12-2)44(29)41-27-36(45(3,4)5)26-40-38-25-33(20-19-32(38)23-39(40)41)47(9,10)28-42(30-15-13-17-34(21-30)48(50,51)52)31-16-14-18-35(22-31)49(53,54)55/h13-22,24-28,44H,11-12,23H2,1-10H3. The molecule has 55 heavy (non-hydrogen) atoms. The summed E-state index contributed by atoms with van der Waals surface area (Å²) in [6.07, 6.45) is -2.26. The highest BCUT2D eigenvalue weighted by molar-refractivity contribution is 5.83. The van der Waals surface area contributed by atoms with Gasteiger partial charge in [-0.2, -0.15) is 26.3 Å². The van der Waals surface area contributed by atoms with Crippen molar-refractivity contribution in [3.05, 3.63) is 158 Å². The smallest absolute Gasteiger partial charge is 0.166 e. The van der Waals surface area contributed by atoms with Crippen molar-refractivity contribution in [2.75, 3.05) is 0 Å². The predicted octanol–water partition coefficient (Wildman–Crippen LogP) is 15.2. The third kappa shape index (κ3) is 7.89. The Balaban J connectivity index is 1.53. The highest BCUT2D eigenvalue weighted by atomic mass is 19.4. The van der Waals surface area contributed by atoms with Crippen LogP contribution in [0, 0.1) is 5.41 Å². The maximum Gasteiger partial charge on any atom is 0.416 e. The lowest BCUT2D eigenvalue weighted by molar-refractivity contribution is -0.138. The number of hydrogen-bond donors (Lipinski definition) is 0. The van der Waals surface area contributed by atoms with Gasteiger partial charge in [-0.05, 0) is 122 Å².